The minimum atomic E-state index is -4.96. The highest BCUT2D eigenvalue weighted by atomic mass is 31.2. The van der Waals surface area contributed by atoms with E-state index in [0.29, 0.717) is 25.7 Å². The highest BCUT2D eigenvalue weighted by Gasteiger charge is 2.30. The summed E-state index contributed by atoms with van der Waals surface area (Å²) in [5, 5.41) is 10.6. The van der Waals surface area contributed by atoms with Gasteiger partial charge in [0.2, 0.25) is 0 Å². The van der Waals surface area contributed by atoms with Gasteiger partial charge in [-0.15, -0.1) is 0 Å². The third-order valence-electron chi connectivity index (χ3n) is 19.0. The number of unbranched alkanes of at least 4 members (excludes halogenated alkanes) is 50. The van der Waals surface area contributed by atoms with Gasteiger partial charge in [0, 0.05) is 25.7 Å². The minimum absolute atomic E-state index is 0.107. The summed E-state index contributed by atoms with van der Waals surface area (Å²) in [5.41, 5.74) is 0. The van der Waals surface area contributed by atoms with Crippen molar-refractivity contribution >= 4 is 39.5 Å². The molecule has 0 rings (SSSR count). The molecule has 0 radical (unpaired) electrons. The first-order valence-electron chi connectivity index (χ1n) is 42.0. The summed E-state index contributed by atoms with van der Waals surface area (Å²) in [6, 6.07) is 0. The Labute approximate surface area is 613 Å². The van der Waals surface area contributed by atoms with E-state index in [-0.39, 0.29) is 25.7 Å². The Morgan fingerprint density at radius 3 is 0.680 bits per heavy atom. The third kappa shape index (κ3) is 74.3. The number of aliphatic hydroxyl groups is 1. The van der Waals surface area contributed by atoms with Gasteiger partial charge < -0.3 is 33.8 Å². The molecule has 0 aliphatic rings. The van der Waals surface area contributed by atoms with Crippen molar-refractivity contribution in [2.45, 2.75) is 445 Å². The van der Waals surface area contributed by atoms with Crippen LogP contribution in [0.3, 0.4) is 0 Å². The van der Waals surface area contributed by atoms with E-state index in [9.17, 15) is 43.2 Å². The van der Waals surface area contributed by atoms with Crippen LogP contribution in [0, 0.1) is 11.8 Å². The average Bonchev–Trinajstić information content (AvgIpc) is 0.927. The quantitative estimate of drug-likeness (QED) is 0.0222. The zero-order chi connectivity index (χ0) is 73.5. The van der Waals surface area contributed by atoms with Crippen LogP contribution in [0.15, 0.2) is 0 Å². The predicted molar refractivity (Wildman–Crippen MR) is 409 cm³/mol. The summed E-state index contributed by atoms with van der Waals surface area (Å²) in [7, 11) is -9.91. The van der Waals surface area contributed by atoms with Crippen molar-refractivity contribution in [1.29, 1.82) is 0 Å². The summed E-state index contributed by atoms with van der Waals surface area (Å²) in [5.74, 6) is -0.482. The summed E-state index contributed by atoms with van der Waals surface area (Å²) in [6.45, 7) is 9.68. The molecule has 0 fully saturated rings. The maximum Gasteiger partial charge on any atom is 0.472 e. The van der Waals surface area contributed by atoms with Gasteiger partial charge in [0.15, 0.2) is 12.2 Å². The van der Waals surface area contributed by atoms with Crippen LogP contribution in [-0.2, 0) is 65.4 Å². The maximum absolute atomic E-state index is 13.1. The highest BCUT2D eigenvalue weighted by molar-refractivity contribution is 7.47. The first kappa shape index (κ1) is 98.1. The van der Waals surface area contributed by atoms with Gasteiger partial charge in [-0.25, -0.2) is 9.13 Å². The van der Waals surface area contributed by atoms with Crippen molar-refractivity contribution in [2.24, 2.45) is 11.8 Å². The fourth-order valence-electron chi connectivity index (χ4n) is 12.5. The zero-order valence-corrected chi connectivity index (χ0v) is 67.3. The van der Waals surface area contributed by atoms with Gasteiger partial charge in [0.1, 0.15) is 19.3 Å². The SMILES string of the molecule is CCCCCCCCCCCCCC(=O)O[C@H](COC(=O)CCCCCCCCCCCC)COP(=O)(O)OC[C@H](O)COP(=O)(O)OC[C@@H](COC(=O)CCCCCCCCCCCCCCCCCC(C)C)OC(=O)CCCCCCCCCCCCCCCCCCCCC(C)C. The average molecular weight is 1470 g/mol. The lowest BCUT2D eigenvalue weighted by Gasteiger charge is -2.21. The van der Waals surface area contributed by atoms with Crippen molar-refractivity contribution in [1.82, 2.24) is 0 Å². The van der Waals surface area contributed by atoms with Gasteiger partial charge in [0.05, 0.1) is 26.4 Å². The van der Waals surface area contributed by atoms with E-state index in [1.807, 2.05) is 0 Å². The molecular formula is C81H158O17P2. The van der Waals surface area contributed by atoms with Crippen LogP contribution in [-0.4, -0.2) is 96.7 Å². The van der Waals surface area contributed by atoms with Crippen LogP contribution in [0.5, 0.6) is 0 Å². The standard InChI is InChI=1S/C81H158O17P2/c1-7-9-11-13-15-17-32-41-47-53-59-65-80(85)97-76(69-91-78(83)63-57-51-45-39-18-16-14-12-10-8-2)71-95-99(87,88)93-67-75(82)68-94-100(89,90)96-72-77(70-92-79(84)64-58-52-46-40-35-30-27-23-25-29-34-38-44-50-56-62-74(5)6)98-81(86)66-60-54-48-42-36-31-26-22-20-19-21-24-28-33-37-43-49-55-61-73(3)4/h73-77,82H,7-72H2,1-6H3,(H,87,88)(H,89,90)/t75-,76+,77+/m0/s1. The Morgan fingerprint density at radius 1 is 0.270 bits per heavy atom. The second-order valence-corrected chi connectivity index (χ2v) is 33.0. The van der Waals surface area contributed by atoms with Crippen LogP contribution >= 0.6 is 15.6 Å². The molecule has 5 atom stereocenters. The fraction of sp³-hybridized carbons (Fsp3) is 0.951. The lowest BCUT2D eigenvalue weighted by atomic mass is 10.0. The second kappa shape index (κ2) is 72.6. The maximum atomic E-state index is 13.1. The number of phosphoric acid groups is 2. The van der Waals surface area contributed by atoms with Crippen molar-refractivity contribution < 1.29 is 80.2 Å². The number of ether oxygens (including phenoxy) is 4. The molecule has 3 N–H and O–H groups in total. The molecule has 0 aromatic rings. The Bertz CT molecular complexity index is 1920. The molecule has 0 aliphatic carbocycles. The largest absolute Gasteiger partial charge is 0.472 e. The molecule has 594 valence electrons. The van der Waals surface area contributed by atoms with E-state index in [1.54, 1.807) is 0 Å². The minimum Gasteiger partial charge on any atom is -0.462 e. The molecule has 19 heteroatoms. The lowest BCUT2D eigenvalue weighted by molar-refractivity contribution is -0.161. The highest BCUT2D eigenvalue weighted by Crippen LogP contribution is 2.45. The van der Waals surface area contributed by atoms with E-state index in [1.165, 1.54) is 244 Å². The van der Waals surface area contributed by atoms with Crippen LogP contribution in [0.4, 0.5) is 0 Å². The summed E-state index contributed by atoms with van der Waals surface area (Å²) < 4.78 is 68.6. The van der Waals surface area contributed by atoms with Crippen LogP contribution in [0.25, 0.3) is 0 Å². The lowest BCUT2D eigenvalue weighted by Crippen LogP contribution is -2.30. The van der Waals surface area contributed by atoms with Crippen LogP contribution in [0.1, 0.15) is 427 Å². The van der Waals surface area contributed by atoms with E-state index >= 15 is 0 Å². The molecule has 100 heavy (non-hydrogen) atoms. The van der Waals surface area contributed by atoms with Gasteiger partial charge in [-0.05, 0) is 37.5 Å². The Hall–Kier alpha value is -1.94. The number of hydrogen-bond donors (Lipinski definition) is 3. The van der Waals surface area contributed by atoms with Crippen molar-refractivity contribution in [2.75, 3.05) is 39.6 Å². The molecular weight excluding hydrogens is 1310 g/mol. The molecule has 0 amide bonds. The predicted octanol–water partition coefficient (Wildman–Crippen LogP) is 24.3. The van der Waals surface area contributed by atoms with Crippen molar-refractivity contribution in [3.63, 3.8) is 0 Å². The third-order valence-corrected chi connectivity index (χ3v) is 20.9. The molecule has 2 unspecified atom stereocenters. The first-order chi connectivity index (χ1) is 48.4. The molecule has 0 aliphatic heterocycles. The number of hydrogen-bond acceptors (Lipinski definition) is 15. The topological polar surface area (TPSA) is 237 Å². The van der Waals surface area contributed by atoms with Gasteiger partial charge in [-0.3, -0.25) is 37.3 Å². The molecule has 0 aromatic heterocycles. The fourth-order valence-corrected chi connectivity index (χ4v) is 14.1. The van der Waals surface area contributed by atoms with Crippen molar-refractivity contribution in [3.05, 3.63) is 0 Å². The number of phosphoric ester groups is 2. The Morgan fingerprint density at radius 2 is 0.460 bits per heavy atom. The molecule has 0 aromatic carbocycles. The number of carbonyl (C=O) groups is 4. The smallest absolute Gasteiger partial charge is 0.462 e. The summed E-state index contributed by atoms with van der Waals surface area (Å²) in [4.78, 5) is 72.9. The van der Waals surface area contributed by atoms with E-state index in [2.05, 4.69) is 41.5 Å². The zero-order valence-electron chi connectivity index (χ0n) is 65.5. The van der Waals surface area contributed by atoms with Gasteiger partial charge in [-0.2, -0.15) is 0 Å². The molecule has 0 saturated carbocycles. The molecule has 0 bridgehead atoms. The van der Waals surface area contributed by atoms with Gasteiger partial charge in [0.25, 0.3) is 0 Å². The van der Waals surface area contributed by atoms with E-state index < -0.39 is 97.5 Å². The number of carbonyl (C=O) groups excluding carboxylic acids is 4. The van der Waals surface area contributed by atoms with E-state index in [4.69, 9.17) is 37.0 Å². The number of aliphatic hydroxyl groups excluding tert-OH is 1. The monoisotopic (exact) mass is 1470 g/mol. The van der Waals surface area contributed by atoms with Crippen molar-refractivity contribution in [3.8, 4) is 0 Å². The number of esters is 4. The molecule has 0 saturated heterocycles. The molecule has 0 heterocycles. The van der Waals surface area contributed by atoms with Crippen LogP contribution in [0.2, 0.25) is 0 Å². The molecule has 0 spiro atoms. The van der Waals surface area contributed by atoms with Crippen LogP contribution < -0.4 is 0 Å². The molecule has 17 nitrogen and oxygen atoms in total. The Kier molecular flexibility index (Phi) is 71.2. The van der Waals surface area contributed by atoms with E-state index in [0.717, 1.165) is 102 Å². The Balaban J connectivity index is 5.20. The first-order valence-corrected chi connectivity index (χ1v) is 45.0. The second-order valence-electron chi connectivity index (χ2n) is 30.1. The summed E-state index contributed by atoms with van der Waals surface area (Å²) in [6.07, 6.45) is 62.4. The van der Waals surface area contributed by atoms with Gasteiger partial charge >= 0.3 is 39.5 Å². The van der Waals surface area contributed by atoms with Gasteiger partial charge in [-0.1, -0.05) is 375 Å². The summed E-state index contributed by atoms with van der Waals surface area (Å²) >= 11 is 0. The normalized spacial score (nSPS) is 13.9. The number of rotatable bonds is 80.